The zero-order chi connectivity index (χ0) is 23.0. The minimum atomic E-state index is -3.24. The van der Waals surface area contributed by atoms with Crippen LogP contribution in [0.1, 0.15) is 25.8 Å². The molecule has 0 aliphatic rings. The van der Waals surface area contributed by atoms with E-state index >= 15 is 0 Å². The van der Waals surface area contributed by atoms with Gasteiger partial charge in [0.05, 0.1) is 6.54 Å². The second kappa shape index (κ2) is 14.9. The van der Waals surface area contributed by atoms with E-state index in [4.69, 9.17) is 10.3 Å². The normalized spacial score (nSPS) is 12.2. The summed E-state index contributed by atoms with van der Waals surface area (Å²) in [5.41, 5.74) is 12.1. The maximum absolute atomic E-state index is 14.0. The number of ether oxygens (including phenoxy) is 1. The molecule has 168 valence electrons. The molecule has 3 N–H and O–H groups in total. The van der Waals surface area contributed by atoms with Gasteiger partial charge in [-0.25, -0.2) is 4.39 Å². The summed E-state index contributed by atoms with van der Waals surface area (Å²) < 4.78 is 44.4. The van der Waals surface area contributed by atoms with Gasteiger partial charge in [-0.3, -0.25) is 9.80 Å². The van der Waals surface area contributed by atoms with E-state index in [0.29, 0.717) is 26.3 Å². The van der Waals surface area contributed by atoms with Gasteiger partial charge in [0.25, 0.3) is 0 Å². The number of alkyl halides is 3. The van der Waals surface area contributed by atoms with Crippen LogP contribution in [0.5, 0.6) is 5.75 Å². The Hall–Kier alpha value is -3.04. The van der Waals surface area contributed by atoms with Crippen molar-refractivity contribution >= 4 is 6.41 Å². The molecule has 10 heteroatoms. The molecule has 1 unspecified atom stereocenters. The molecule has 0 spiro atoms. The number of rotatable bonds is 12. The zero-order valence-electron chi connectivity index (χ0n) is 17.5. The summed E-state index contributed by atoms with van der Waals surface area (Å²) >= 11 is 0. The number of hydrogen-bond donors (Lipinski definition) is 2. The van der Waals surface area contributed by atoms with Gasteiger partial charge < -0.3 is 15.4 Å². The van der Waals surface area contributed by atoms with E-state index in [1.54, 1.807) is 18.2 Å². The van der Waals surface area contributed by atoms with E-state index in [1.165, 1.54) is 23.3 Å². The first-order chi connectivity index (χ1) is 14.1. The van der Waals surface area contributed by atoms with E-state index < -0.39 is 12.3 Å². The number of hydrogen-bond acceptors (Lipinski definition) is 5. The SMILES string of the molecule is C/C=C\N(C)CCC(F)CN(/C=C/Cc1cccc(OC(C)(F)F)c1)N=N.NC=O. The predicted octanol–water partition coefficient (Wildman–Crippen LogP) is 4.28. The quantitative estimate of drug-likeness (QED) is 0.295. The molecule has 0 heterocycles. The van der Waals surface area contributed by atoms with E-state index in [9.17, 15) is 13.2 Å². The Morgan fingerprint density at radius 3 is 2.60 bits per heavy atom. The van der Waals surface area contributed by atoms with Crippen molar-refractivity contribution in [3.05, 3.63) is 54.4 Å². The second-order valence-electron chi connectivity index (χ2n) is 6.35. The van der Waals surface area contributed by atoms with Gasteiger partial charge in [-0.15, -0.1) is 0 Å². The highest BCUT2D eigenvalue weighted by molar-refractivity contribution is 5.42. The van der Waals surface area contributed by atoms with Crippen molar-refractivity contribution in [2.45, 2.75) is 39.0 Å². The number of nitrogens with one attached hydrogen (secondary N) is 1. The van der Waals surface area contributed by atoms with Gasteiger partial charge in [-0.2, -0.15) is 14.3 Å². The fourth-order valence-corrected chi connectivity index (χ4v) is 2.36. The van der Waals surface area contributed by atoms with Crippen LogP contribution in [0.15, 0.2) is 54.0 Å². The summed E-state index contributed by atoms with van der Waals surface area (Å²) in [6, 6.07) is 6.35. The highest BCUT2D eigenvalue weighted by Crippen LogP contribution is 2.22. The van der Waals surface area contributed by atoms with Gasteiger partial charge in [0.15, 0.2) is 0 Å². The lowest BCUT2D eigenvalue weighted by Gasteiger charge is -2.18. The molecular formula is C20H30F3N5O2. The Balaban J connectivity index is 0.00000263. The summed E-state index contributed by atoms with van der Waals surface area (Å²) in [7, 11) is 1.87. The van der Waals surface area contributed by atoms with Gasteiger partial charge in [0.2, 0.25) is 6.41 Å². The summed E-state index contributed by atoms with van der Waals surface area (Å²) in [5.74, 6) is 0.0736. The third-order valence-electron chi connectivity index (χ3n) is 3.54. The lowest BCUT2D eigenvalue weighted by atomic mass is 10.1. The van der Waals surface area contributed by atoms with Crippen LogP contribution in [0.3, 0.4) is 0 Å². The van der Waals surface area contributed by atoms with E-state index in [1.807, 2.05) is 31.1 Å². The fraction of sp³-hybridized carbons (Fsp3) is 0.450. The molecule has 0 radical (unpaired) electrons. The van der Waals surface area contributed by atoms with E-state index in [0.717, 1.165) is 5.56 Å². The highest BCUT2D eigenvalue weighted by atomic mass is 19.3. The average molecular weight is 429 g/mol. The number of allylic oxidation sites excluding steroid dienone is 2. The van der Waals surface area contributed by atoms with Crippen LogP contribution in [-0.4, -0.2) is 48.7 Å². The Morgan fingerprint density at radius 2 is 2.03 bits per heavy atom. The van der Waals surface area contributed by atoms with Crippen molar-refractivity contribution in [1.29, 1.82) is 5.53 Å². The molecule has 0 bridgehead atoms. The molecule has 1 aromatic carbocycles. The standard InChI is InChI=1S/C19H27F3N4O.CH3NO/c1-4-11-25(3)13-10-17(20)15-26(24-23)12-6-8-16-7-5-9-18(14-16)27-19(2,21)22;2-1-3/h4-7,9,11-12,14,17,23H,8,10,13,15H2,1-3H3;1H,(H2,2,3)/b11-4-,12-6+,24-23?;. The minimum absolute atomic E-state index is 0.0190. The third kappa shape index (κ3) is 14.0. The van der Waals surface area contributed by atoms with Crippen molar-refractivity contribution in [3.63, 3.8) is 0 Å². The summed E-state index contributed by atoms with van der Waals surface area (Å²) in [4.78, 5) is 10.5. The van der Waals surface area contributed by atoms with Crippen LogP contribution in [0.4, 0.5) is 13.2 Å². The van der Waals surface area contributed by atoms with Gasteiger partial charge in [-0.1, -0.05) is 29.5 Å². The van der Waals surface area contributed by atoms with Crippen LogP contribution < -0.4 is 10.5 Å². The number of nitrogens with zero attached hydrogens (tertiary/aromatic N) is 3. The highest BCUT2D eigenvalue weighted by Gasteiger charge is 2.23. The second-order valence-corrected chi connectivity index (χ2v) is 6.35. The van der Waals surface area contributed by atoms with Crippen molar-refractivity contribution in [1.82, 2.24) is 9.91 Å². The molecule has 0 saturated carbocycles. The molecule has 30 heavy (non-hydrogen) atoms. The maximum atomic E-state index is 14.0. The van der Waals surface area contributed by atoms with Crippen molar-refractivity contribution in [2.24, 2.45) is 11.0 Å². The number of nitrogens with two attached hydrogens (primary N) is 1. The topological polar surface area (TPSA) is 95.0 Å². The predicted molar refractivity (Wildman–Crippen MR) is 110 cm³/mol. The first-order valence-corrected chi connectivity index (χ1v) is 9.24. The van der Waals surface area contributed by atoms with Crippen LogP contribution in [0, 0.1) is 5.53 Å². The first-order valence-electron chi connectivity index (χ1n) is 9.24. The molecule has 1 atom stereocenters. The Bertz CT molecular complexity index is 681. The van der Waals surface area contributed by atoms with E-state index in [-0.39, 0.29) is 18.7 Å². The van der Waals surface area contributed by atoms with Gasteiger partial charge in [0.1, 0.15) is 11.9 Å². The number of benzene rings is 1. The average Bonchev–Trinajstić information content (AvgIpc) is 2.65. The van der Waals surface area contributed by atoms with Crippen LogP contribution in [0.2, 0.25) is 0 Å². The largest absolute Gasteiger partial charge is 0.433 e. The monoisotopic (exact) mass is 429 g/mol. The smallest absolute Gasteiger partial charge is 0.394 e. The Labute approximate surface area is 175 Å². The molecular weight excluding hydrogens is 399 g/mol. The molecule has 1 aromatic rings. The van der Waals surface area contributed by atoms with Crippen molar-refractivity contribution < 1.29 is 22.7 Å². The number of carbonyl (C=O) groups excluding carboxylic acids is 1. The van der Waals surface area contributed by atoms with Gasteiger partial charge in [-0.05, 0) is 43.7 Å². The van der Waals surface area contributed by atoms with Crippen LogP contribution in [0.25, 0.3) is 0 Å². The van der Waals surface area contributed by atoms with Crippen LogP contribution in [-0.2, 0) is 11.2 Å². The fourth-order valence-electron chi connectivity index (χ4n) is 2.36. The first kappa shape index (κ1) is 27.0. The molecule has 1 rings (SSSR count). The summed E-state index contributed by atoms with van der Waals surface area (Å²) in [6.07, 6.45) is 3.57. The lowest BCUT2D eigenvalue weighted by molar-refractivity contribution is -0.159. The molecule has 0 fully saturated rings. The van der Waals surface area contributed by atoms with Gasteiger partial charge in [0, 0.05) is 26.7 Å². The Kier molecular flexibility index (Phi) is 13.4. The third-order valence-corrected chi connectivity index (χ3v) is 3.54. The summed E-state index contributed by atoms with van der Waals surface area (Å²) in [6.45, 7) is 3.12. The minimum Gasteiger partial charge on any atom is -0.433 e. The number of primary amides is 1. The number of carbonyl (C=O) groups is 1. The van der Waals surface area contributed by atoms with E-state index in [2.05, 4.69) is 15.7 Å². The molecule has 0 aliphatic carbocycles. The molecule has 7 nitrogen and oxygen atoms in total. The number of amides is 1. The molecule has 0 saturated heterocycles. The van der Waals surface area contributed by atoms with Crippen LogP contribution >= 0.6 is 0 Å². The van der Waals surface area contributed by atoms with Crippen molar-refractivity contribution in [3.8, 4) is 5.75 Å². The number of halogens is 3. The van der Waals surface area contributed by atoms with Crippen molar-refractivity contribution in [2.75, 3.05) is 20.1 Å². The van der Waals surface area contributed by atoms with Gasteiger partial charge >= 0.3 is 6.11 Å². The zero-order valence-corrected chi connectivity index (χ0v) is 17.5. The summed E-state index contributed by atoms with van der Waals surface area (Å²) in [5, 5.41) is 4.50. The molecule has 0 aromatic heterocycles. The molecule has 1 amide bonds. The molecule has 0 aliphatic heterocycles. The Morgan fingerprint density at radius 1 is 1.37 bits per heavy atom. The maximum Gasteiger partial charge on any atom is 0.394 e. The lowest BCUT2D eigenvalue weighted by Crippen LogP contribution is -2.25.